The molecule has 3 aromatic rings. The first-order valence-corrected chi connectivity index (χ1v) is 8.22. The summed E-state index contributed by atoms with van der Waals surface area (Å²) in [5.41, 5.74) is -0.149. The van der Waals surface area contributed by atoms with Gasteiger partial charge in [0.05, 0.1) is 11.3 Å². The zero-order valence-corrected chi connectivity index (χ0v) is 14.0. The second-order valence-electron chi connectivity index (χ2n) is 5.11. The number of rotatable bonds is 4. The van der Waals surface area contributed by atoms with Crippen LogP contribution in [0.15, 0.2) is 70.7 Å². The maximum Gasteiger partial charge on any atom is 0.420 e. The highest BCUT2D eigenvalue weighted by Gasteiger charge is 2.35. The van der Waals surface area contributed by atoms with Crippen LogP contribution in [-0.4, -0.2) is 9.97 Å². The Bertz CT molecular complexity index is 953. The maximum atomic E-state index is 13.3. The summed E-state index contributed by atoms with van der Waals surface area (Å²) in [5.74, 6) is -0.0147. The molecule has 1 heterocycles. The van der Waals surface area contributed by atoms with Gasteiger partial charge in [-0.15, -0.1) is 0 Å². The lowest BCUT2D eigenvalue weighted by Crippen LogP contribution is -2.10. The fourth-order valence-corrected chi connectivity index (χ4v) is 3.04. The van der Waals surface area contributed by atoms with E-state index in [1.54, 1.807) is 54.6 Å². The molecule has 8 heteroatoms. The van der Waals surface area contributed by atoms with Crippen LogP contribution in [0.2, 0.25) is 0 Å². The Morgan fingerprint density at radius 1 is 1.00 bits per heavy atom. The molecule has 4 nitrogen and oxygen atoms in total. The predicted octanol–water partition coefficient (Wildman–Crippen LogP) is 5.26. The monoisotopic (exact) mass is 372 g/mol. The summed E-state index contributed by atoms with van der Waals surface area (Å²) in [4.78, 5) is 8.39. The number of aromatic nitrogens is 2. The third-order valence-electron chi connectivity index (χ3n) is 3.31. The van der Waals surface area contributed by atoms with Crippen molar-refractivity contribution in [1.29, 1.82) is 5.26 Å². The van der Waals surface area contributed by atoms with E-state index in [9.17, 15) is 13.2 Å². The molecule has 0 aliphatic rings. The van der Waals surface area contributed by atoms with Crippen molar-refractivity contribution in [1.82, 2.24) is 9.97 Å². The van der Waals surface area contributed by atoms with Gasteiger partial charge in [0.1, 0.15) is 16.7 Å². The Kier molecular flexibility index (Phi) is 5.09. The molecule has 130 valence electrons. The van der Waals surface area contributed by atoms with Crippen LogP contribution in [0.4, 0.5) is 24.8 Å². The molecule has 0 unspecified atom stereocenters. The molecule has 0 aliphatic carbocycles. The zero-order chi connectivity index (χ0) is 18.6. The van der Waals surface area contributed by atoms with E-state index in [-0.39, 0.29) is 11.0 Å². The molecule has 0 aliphatic heterocycles. The van der Waals surface area contributed by atoms with Crippen molar-refractivity contribution in [2.75, 3.05) is 5.32 Å². The quantitative estimate of drug-likeness (QED) is 0.633. The van der Waals surface area contributed by atoms with Gasteiger partial charge in [-0.3, -0.25) is 0 Å². The first-order chi connectivity index (χ1) is 12.5. The van der Waals surface area contributed by atoms with Crippen LogP contribution in [0.3, 0.4) is 0 Å². The molecule has 0 saturated carbocycles. The molecule has 0 spiro atoms. The molecule has 1 aromatic heterocycles. The lowest BCUT2D eigenvalue weighted by molar-refractivity contribution is -0.140. The van der Waals surface area contributed by atoms with Gasteiger partial charge in [-0.05, 0) is 24.3 Å². The standard InChI is InChI=1S/C18H11F3N4S/c19-18(20,21)14-11-23-17(24-15-9-5-4-6-12(15)10-22)25-16(14)26-13-7-2-1-3-8-13/h1-9,11H,(H,23,24,25). The van der Waals surface area contributed by atoms with Crippen molar-refractivity contribution < 1.29 is 13.2 Å². The summed E-state index contributed by atoms with van der Waals surface area (Å²) >= 11 is 0.900. The molecule has 2 aromatic carbocycles. The number of halogens is 3. The maximum absolute atomic E-state index is 13.3. The van der Waals surface area contributed by atoms with Crippen molar-refractivity contribution in [3.05, 3.63) is 71.9 Å². The Labute approximate surface area is 151 Å². The average Bonchev–Trinajstić information content (AvgIpc) is 2.62. The van der Waals surface area contributed by atoms with Gasteiger partial charge >= 0.3 is 6.18 Å². The summed E-state index contributed by atoms with van der Waals surface area (Å²) in [7, 11) is 0. The number of benzene rings is 2. The number of anilines is 2. The minimum atomic E-state index is -4.57. The van der Waals surface area contributed by atoms with E-state index >= 15 is 0 Å². The third kappa shape index (κ3) is 4.13. The first-order valence-electron chi connectivity index (χ1n) is 7.40. The Morgan fingerprint density at radius 2 is 1.69 bits per heavy atom. The van der Waals surface area contributed by atoms with Gasteiger partial charge in [0, 0.05) is 11.1 Å². The Morgan fingerprint density at radius 3 is 2.38 bits per heavy atom. The molecule has 26 heavy (non-hydrogen) atoms. The lowest BCUT2D eigenvalue weighted by Gasteiger charge is -2.13. The van der Waals surface area contributed by atoms with Gasteiger partial charge in [0.25, 0.3) is 0 Å². The van der Waals surface area contributed by atoms with Crippen molar-refractivity contribution in [2.45, 2.75) is 16.1 Å². The van der Waals surface area contributed by atoms with Crippen LogP contribution in [0.1, 0.15) is 11.1 Å². The highest BCUT2D eigenvalue weighted by atomic mass is 32.2. The summed E-state index contributed by atoms with van der Waals surface area (Å²) in [6.45, 7) is 0. The van der Waals surface area contributed by atoms with Gasteiger partial charge < -0.3 is 5.32 Å². The van der Waals surface area contributed by atoms with Gasteiger partial charge in [0.2, 0.25) is 5.95 Å². The van der Waals surface area contributed by atoms with Crippen molar-refractivity contribution >= 4 is 23.4 Å². The molecular formula is C18H11F3N4S. The van der Waals surface area contributed by atoms with Crippen molar-refractivity contribution in [2.24, 2.45) is 0 Å². The van der Waals surface area contributed by atoms with Crippen LogP contribution < -0.4 is 5.32 Å². The molecule has 0 saturated heterocycles. The molecule has 1 N–H and O–H groups in total. The Hall–Kier alpha value is -3.05. The number of hydrogen-bond donors (Lipinski definition) is 1. The zero-order valence-electron chi connectivity index (χ0n) is 13.2. The topological polar surface area (TPSA) is 61.6 Å². The number of nitriles is 1. The van der Waals surface area contributed by atoms with Crippen LogP contribution in [0, 0.1) is 11.3 Å². The predicted molar refractivity (Wildman–Crippen MR) is 92.0 cm³/mol. The van der Waals surface area contributed by atoms with Gasteiger partial charge in [-0.25, -0.2) is 9.97 Å². The highest BCUT2D eigenvalue weighted by molar-refractivity contribution is 7.99. The van der Waals surface area contributed by atoms with E-state index in [0.29, 0.717) is 16.1 Å². The Balaban J connectivity index is 1.98. The van der Waals surface area contributed by atoms with E-state index in [0.717, 1.165) is 18.0 Å². The molecule has 0 amide bonds. The summed E-state index contributed by atoms with van der Waals surface area (Å²) in [6.07, 6.45) is -3.82. The van der Waals surface area contributed by atoms with Gasteiger partial charge in [-0.2, -0.15) is 18.4 Å². The third-order valence-corrected chi connectivity index (χ3v) is 4.32. The molecule has 0 radical (unpaired) electrons. The number of para-hydroxylation sites is 1. The van der Waals surface area contributed by atoms with Crippen molar-refractivity contribution in [3.63, 3.8) is 0 Å². The fraction of sp³-hybridized carbons (Fsp3) is 0.0556. The number of alkyl halides is 3. The van der Waals surface area contributed by atoms with E-state index in [1.807, 2.05) is 6.07 Å². The smallest absolute Gasteiger partial charge is 0.323 e. The second-order valence-corrected chi connectivity index (χ2v) is 6.17. The molecular weight excluding hydrogens is 361 g/mol. The summed E-state index contributed by atoms with van der Waals surface area (Å²) in [6, 6.07) is 17.3. The SMILES string of the molecule is N#Cc1ccccc1Nc1ncc(C(F)(F)F)c(Sc2ccccc2)n1. The van der Waals surface area contributed by atoms with Gasteiger partial charge in [-0.1, -0.05) is 42.1 Å². The van der Waals surface area contributed by atoms with Crippen LogP contribution >= 0.6 is 11.8 Å². The number of hydrogen-bond acceptors (Lipinski definition) is 5. The fourth-order valence-electron chi connectivity index (χ4n) is 2.11. The minimum absolute atomic E-state index is 0.0147. The number of nitrogens with one attached hydrogen (secondary N) is 1. The summed E-state index contributed by atoms with van der Waals surface area (Å²) < 4.78 is 39.8. The lowest BCUT2D eigenvalue weighted by atomic mass is 10.2. The minimum Gasteiger partial charge on any atom is -0.323 e. The van der Waals surface area contributed by atoms with E-state index in [4.69, 9.17) is 5.26 Å². The van der Waals surface area contributed by atoms with E-state index in [2.05, 4.69) is 15.3 Å². The largest absolute Gasteiger partial charge is 0.420 e. The van der Waals surface area contributed by atoms with E-state index in [1.165, 1.54) is 0 Å². The van der Waals surface area contributed by atoms with Crippen LogP contribution in [0.5, 0.6) is 0 Å². The van der Waals surface area contributed by atoms with E-state index < -0.39 is 11.7 Å². The average molecular weight is 372 g/mol. The van der Waals surface area contributed by atoms with Crippen LogP contribution in [0.25, 0.3) is 0 Å². The number of nitrogens with zero attached hydrogens (tertiary/aromatic N) is 3. The molecule has 0 bridgehead atoms. The normalized spacial score (nSPS) is 11.0. The first kappa shape index (κ1) is 17.8. The van der Waals surface area contributed by atoms with Crippen molar-refractivity contribution in [3.8, 4) is 6.07 Å². The summed E-state index contributed by atoms with van der Waals surface area (Å²) in [5, 5.41) is 11.7. The highest BCUT2D eigenvalue weighted by Crippen LogP contribution is 2.38. The van der Waals surface area contributed by atoms with Crippen LogP contribution in [-0.2, 0) is 6.18 Å². The molecule has 0 atom stereocenters. The molecule has 3 rings (SSSR count). The second kappa shape index (κ2) is 7.45. The molecule has 0 fully saturated rings. The van der Waals surface area contributed by atoms with Gasteiger partial charge in [0.15, 0.2) is 0 Å².